The maximum atomic E-state index is 13.3. The minimum Gasteiger partial charge on any atom is -0.486 e. The summed E-state index contributed by atoms with van der Waals surface area (Å²) in [5.74, 6) is 0.749. The average Bonchev–Trinajstić information content (AvgIpc) is 3.75. The van der Waals surface area contributed by atoms with Crippen LogP contribution >= 0.6 is 34.8 Å². The molecular weight excluding hydrogens is 801 g/mol. The van der Waals surface area contributed by atoms with Crippen molar-refractivity contribution in [3.8, 4) is 22.8 Å². The molecule has 12 nitrogen and oxygen atoms in total. The number of methoxy groups -OCH3 is 1. The van der Waals surface area contributed by atoms with Gasteiger partial charge in [0.2, 0.25) is 17.7 Å². The maximum absolute atomic E-state index is 13.3. The van der Waals surface area contributed by atoms with E-state index in [2.05, 4.69) is 30.7 Å². The fourth-order valence-corrected chi connectivity index (χ4v) is 9.81. The van der Waals surface area contributed by atoms with Gasteiger partial charge in [0.05, 0.1) is 38.7 Å². The van der Waals surface area contributed by atoms with Crippen molar-refractivity contribution in [2.75, 3.05) is 51.7 Å². The number of pyridine rings is 2. The van der Waals surface area contributed by atoms with Crippen LogP contribution < -0.4 is 25.4 Å². The molecule has 4 aliphatic rings. The second-order valence-electron chi connectivity index (χ2n) is 15.9. The monoisotopic (exact) mass is 845 g/mol. The molecule has 0 bridgehead atoms. The molecular formula is C43H46Cl3N7O5. The number of ether oxygens (including phenoxy) is 2. The number of aromatic nitrogens is 2. The second kappa shape index (κ2) is 17.0. The number of likely N-dealkylation sites (tertiary alicyclic amines) is 2. The molecule has 3 N–H and O–H groups in total. The van der Waals surface area contributed by atoms with E-state index in [-0.39, 0.29) is 34.9 Å². The summed E-state index contributed by atoms with van der Waals surface area (Å²) in [5.41, 5.74) is 3.54. The topological polar surface area (TPSA) is 138 Å². The van der Waals surface area contributed by atoms with Crippen LogP contribution in [0.2, 0.25) is 15.1 Å². The number of halogens is 3. The summed E-state index contributed by atoms with van der Waals surface area (Å²) in [6.45, 7) is 5.93. The van der Waals surface area contributed by atoms with Crippen molar-refractivity contribution >= 4 is 58.2 Å². The van der Waals surface area contributed by atoms with Crippen molar-refractivity contribution in [2.24, 2.45) is 10.8 Å². The van der Waals surface area contributed by atoms with Gasteiger partial charge in [0.25, 0.3) is 5.91 Å². The van der Waals surface area contributed by atoms with Crippen molar-refractivity contribution in [1.29, 1.82) is 0 Å². The van der Waals surface area contributed by atoms with Crippen LogP contribution in [0.25, 0.3) is 11.1 Å². The molecule has 4 fully saturated rings. The number of benzene rings is 2. The highest BCUT2D eigenvalue weighted by Crippen LogP contribution is 2.42. The Hall–Kier alpha value is -4.46. The van der Waals surface area contributed by atoms with E-state index >= 15 is 0 Å². The third-order valence-corrected chi connectivity index (χ3v) is 13.2. The summed E-state index contributed by atoms with van der Waals surface area (Å²) in [6, 6.07) is 16.2. The van der Waals surface area contributed by atoms with Gasteiger partial charge in [0.1, 0.15) is 23.7 Å². The minimum atomic E-state index is -0.403. The van der Waals surface area contributed by atoms with Crippen LogP contribution in [0.1, 0.15) is 65.8 Å². The third kappa shape index (κ3) is 8.22. The normalized spacial score (nSPS) is 22.3. The Bertz CT molecular complexity index is 2230. The molecule has 4 saturated heterocycles. The molecule has 2 spiro atoms. The van der Waals surface area contributed by atoms with Gasteiger partial charge in [-0.2, -0.15) is 0 Å². The zero-order chi connectivity index (χ0) is 40.4. The Morgan fingerprint density at radius 3 is 2.12 bits per heavy atom. The lowest BCUT2D eigenvalue weighted by atomic mass is 9.78. The van der Waals surface area contributed by atoms with Crippen LogP contribution in [-0.4, -0.2) is 83.9 Å². The van der Waals surface area contributed by atoms with Crippen molar-refractivity contribution < 1.29 is 23.9 Å². The van der Waals surface area contributed by atoms with E-state index in [1.807, 2.05) is 30.3 Å². The van der Waals surface area contributed by atoms with E-state index < -0.39 is 5.91 Å². The van der Waals surface area contributed by atoms with Crippen LogP contribution in [-0.2, 0) is 29.3 Å². The molecule has 8 rings (SSSR count). The van der Waals surface area contributed by atoms with Crippen LogP contribution in [0.3, 0.4) is 0 Å². The van der Waals surface area contributed by atoms with Crippen LogP contribution in [0.15, 0.2) is 60.8 Å². The van der Waals surface area contributed by atoms with Crippen molar-refractivity contribution in [3.05, 3.63) is 98.4 Å². The Balaban J connectivity index is 0.910. The SMILES string of the molecule is COc1nc(COc2cccc(-c3cccc(NC(=O)c4ccc(CN5CCCC6(CCNC6=O)C5)cn4)c3Cl)c2Cl)c(Cl)cc1CN1CCCC2(CCNC2=O)C1. The summed E-state index contributed by atoms with van der Waals surface area (Å²) in [5, 5.41) is 9.96. The Kier molecular flexibility index (Phi) is 11.8. The van der Waals surface area contributed by atoms with E-state index in [0.29, 0.717) is 68.8 Å². The van der Waals surface area contributed by atoms with Gasteiger partial charge in [-0.05, 0) is 81.4 Å². The van der Waals surface area contributed by atoms with Gasteiger partial charge in [-0.1, -0.05) is 65.1 Å². The van der Waals surface area contributed by atoms with Gasteiger partial charge >= 0.3 is 0 Å². The number of anilines is 1. The third-order valence-electron chi connectivity index (χ3n) is 12.1. The van der Waals surface area contributed by atoms with E-state index in [1.54, 1.807) is 37.6 Å². The highest BCUT2D eigenvalue weighted by molar-refractivity contribution is 6.39. The lowest BCUT2D eigenvalue weighted by Crippen LogP contribution is -2.46. The molecule has 2 aromatic carbocycles. The first-order valence-electron chi connectivity index (χ1n) is 19.8. The number of hydrogen-bond donors (Lipinski definition) is 3. The molecule has 4 aliphatic heterocycles. The Morgan fingerprint density at radius 1 is 0.845 bits per heavy atom. The number of piperidine rings is 2. The molecule has 6 heterocycles. The molecule has 15 heteroatoms. The summed E-state index contributed by atoms with van der Waals surface area (Å²) in [4.78, 5) is 52.2. The maximum Gasteiger partial charge on any atom is 0.274 e. The number of hydrogen-bond acceptors (Lipinski definition) is 9. The van der Waals surface area contributed by atoms with E-state index in [1.165, 1.54) is 0 Å². The van der Waals surface area contributed by atoms with Gasteiger partial charge in [0, 0.05) is 62.2 Å². The first-order valence-corrected chi connectivity index (χ1v) is 20.9. The molecule has 2 unspecified atom stereocenters. The highest BCUT2D eigenvalue weighted by atomic mass is 35.5. The predicted molar refractivity (Wildman–Crippen MR) is 223 cm³/mol. The number of rotatable bonds is 11. The van der Waals surface area contributed by atoms with Gasteiger partial charge in [-0.25, -0.2) is 4.98 Å². The Labute approximate surface area is 352 Å². The number of nitrogens with one attached hydrogen (secondary N) is 3. The fourth-order valence-electron chi connectivity index (χ4n) is 9.02. The molecule has 3 amide bonds. The van der Waals surface area contributed by atoms with E-state index in [4.69, 9.17) is 49.3 Å². The second-order valence-corrected chi connectivity index (χ2v) is 17.0. The van der Waals surface area contributed by atoms with Gasteiger partial charge in [0.15, 0.2) is 0 Å². The first-order chi connectivity index (χ1) is 28.1. The van der Waals surface area contributed by atoms with Crippen molar-refractivity contribution in [2.45, 2.75) is 58.2 Å². The zero-order valence-corrected chi connectivity index (χ0v) is 34.6. The summed E-state index contributed by atoms with van der Waals surface area (Å²) in [6.07, 6.45) is 7.19. The summed E-state index contributed by atoms with van der Waals surface area (Å²) in [7, 11) is 1.57. The van der Waals surface area contributed by atoms with Gasteiger partial charge < -0.3 is 25.4 Å². The average molecular weight is 847 g/mol. The Morgan fingerprint density at radius 2 is 1.50 bits per heavy atom. The molecule has 2 atom stereocenters. The zero-order valence-electron chi connectivity index (χ0n) is 32.3. The highest BCUT2D eigenvalue weighted by Gasteiger charge is 2.46. The first kappa shape index (κ1) is 40.3. The smallest absolute Gasteiger partial charge is 0.274 e. The van der Waals surface area contributed by atoms with Crippen LogP contribution in [0.4, 0.5) is 5.69 Å². The number of carbonyl (C=O) groups excluding carboxylic acids is 3. The summed E-state index contributed by atoms with van der Waals surface area (Å²) < 4.78 is 11.9. The van der Waals surface area contributed by atoms with Crippen molar-refractivity contribution in [3.63, 3.8) is 0 Å². The largest absolute Gasteiger partial charge is 0.486 e. The van der Waals surface area contributed by atoms with E-state index in [0.717, 1.165) is 82.4 Å². The lowest BCUT2D eigenvalue weighted by Gasteiger charge is -2.38. The predicted octanol–water partition coefficient (Wildman–Crippen LogP) is 7.15. The van der Waals surface area contributed by atoms with Gasteiger partial charge in [-0.3, -0.25) is 29.2 Å². The van der Waals surface area contributed by atoms with E-state index in [9.17, 15) is 14.4 Å². The molecule has 4 aromatic rings. The molecule has 0 radical (unpaired) electrons. The quantitative estimate of drug-likeness (QED) is 0.144. The molecule has 58 heavy (non-hydrogen) atoms. The van der Waals surface area contributed by atoms with Crippen LogP contribution in [0.5, 0.6) is 11.6 Å². The number of carbonyl (C=O) groups is 3. The number of amides is 3. The van der Waals surface area contributed by atoms with Crippen molar-refractivity contribution in [1.82, 2.24) is 30.4 Å². The van der Waals surface area contributed by atoms with Gasteiger partial charge in [-0.15, -0.1) is 0 Å². The fraction of sp³-hybridized carbons (Fsp3) is 0.419. The number of nitrogens with zero attached hydrogens (tertiary/aromatic N) is 4. The summed E-state index contributed by atoms with van der Waals surface area (Å²) >= 11 is 20.6. The molecule has 0 aliphatic carbocycles. The lowest BCUT2D eigenvalue weighted by molar-refractivity contribution is -0.131. The molecule has 2 aromatic heterocycles. The molecule has 304 valence electrons. The minimum absolute atomic E-state index is 0.0250. The standard InChI is InChI=1S/C43H46Cl3N7O5/c1-57-39-28(23-53-19-5-13-43(26-53)15-17-48-41(43)56)20-31(44)34(51-39)24-58-35-9-3-7-30(37(35)46)29-6-2-8-32(36(29)45)50-38(54)33-11-10-27(21-49-33)22-52-18-4-12-42(25-52)14-16-47-40(42)55/h2-3,6-11,20-21H,4-5,12-19,22-26H2,1H3,(H,47,55)(H,48,56)(H,50,54). The molecule has 0 saturated carbocycles. The van der Waals surface area contributed by atoms with Crippen LogP contribution in [0, 0.1) is 10.8 Å².